The van der Waals surface area contributed by atoms with Gasteiger partial charge in [-0.05, 0) is 37.3 Å². The molecule has 0 amide bonds. The Kier molecular flexibility index (Phi) is 4.52. The summed E-state index contributed by atoms with van der Waals surface area (Å²) >= 11 is 0. The Bertz CT molecular complexity index is 404. The summed E-state index contributed by atoms with van der Waals surface area (Å²) in [6.45, 7) is 7.36. The largest absolute Gasteiger partial charge is 0.481 e. The van der Waals surface area contributed by atoms with E-state index in [9.17, 15) is 9.90 Å². The zero-order valence-electron chi connectivity index (χ0n) is 11.5. The van der Waals surface area contributed by atoms with Crippen LogP contribution in [0.15, 0.2) is 24.3 Å². The third-order valence-electron chi connectivity index (χ3n) is 3.40. The second-order valence-corrected chi connectivity index (χ2v) is 5.50. The van der Waals surface area contributed by atoms with Gasteiger partial charge in [0.25, 0.3) is 0 Å². The average molecular weight is 250 g/mol. The summed E-state index contributed by atoms with van der Waals surface area (Å²) in [6.07, 6.45) is 0.983. The Balaban J connectivity index is 2.93. The highest BCUT2D eigenvalue weighted by Gasteiger charge is 2.35. The second-order valence-electron chi connectivity index (χ2n) is 5.50. The van der Waals surface area contributed by atoms with Crippen LogP contribution in [-0.4, -0.2) is 16.2 Å². The van der Waals surface area contributed by atoms with E-state index in [-0.39, 0.29) is 0 Å². The normalized spacial score (nSPS) is 16.3. The van der Waals surface area contributed by atoms with E-state index in [0.29, 0.717) is 11.5 Å². The number of carboxylic acids is 1. The van der Waals surface area contributed by atoms with Crippen molar-refractivity contribution in [2.45, 2.75) is 39.7 Å². The average Bonchev–Trinajstić information content (AvgIpc) is 2.27. The van der Waals surface area contributed by atoms with Crippen LogP contribution >= 0.6 is 0 Å². The summed E-state index contributed by atoms with van der Waals surface area (Å²) in [5, 5.41) is 19.3. The van der Waals surface area contributed by atoms with Crippen LogP contribution in [0.1, 0.15) is 38.8 Å². The minimum Gasteiger partial charge on any atom is -0.481 e. The molecule has 1 aromatic carbocycles. The van der Waals surface area contributed by atoms with Gasteiger partial charge in [0, 0.05) is 0 Å². The third kappa shape index (κ3) is 3.33. The number of aliphatic carboxylic acids is 1. The molecule has 1 rings (SSSR count). The molecule has 0 bridgehead atoms. The molecule has 100 valence electrons. The monoisotopic (exact) mass is 250 g/mol. The van der Waals surface area contributed by atoms with Gasteiger partial charge in [-0.3, -0.25) is 4.79 Å². The van der Waals surface area contributed by atoms with Gasteiger partial charge in [-0.15, -0.1) is 0 Å². The van der Waals surface area contributed by atoms with E-state index in [1.807, 2.05) is 24.3 Å². The lowest BCUT2D eigenvalue weighted by Gasteiger charge is -2.28. The number of rotatable bonds is 5. The summed E-state index contributed by atoms with van der Waals surface area (Å²) in [5.41, 5.74) is 0.500. The molecule has 0 saturated carbocycles. The first-order valence-electron chi connectivity index (χ1n) is 6.29. The van der Waals surface area contributed by atoms with E-state index in [4.69, 9.17) is 5.11 Å². The maximum absolute atomic E-state index is 11.0. The SMILES string of the molecule is CC(C)Cc1ccc(C(C)(O)C(C)C(=O)O)cc1. The van der Waals surface area contributed by atoms with Gasteiger partial charge in [0.1, 0.15) is 0 Å². The van der Waals surface area contributed by atoms with Gasteiger partial charge in [-0.2, -0.15) is 0 Å². The zero-order valence-corrected chi connectivity index (χ0v) is 11.5. The molecule has 18 heavy (non-hydrogen) atoms. The van der Waals surface area contributed by atoms with E-state index in [2.05, 4.69) is 13.8 Å². The van der Waals surface area contributed by atoms with Crippen molar-refractivity contribution < 1.29 is 15.0 Å². The molecule has 0 aliphatic heterocycles. The topological polar surface area (TPSA) is 57.5 Å². The maximum Gasteiger partial charge on any atom is 0.309 e. The van der Waals surface area contributed by atoms with Gasteiger partial charge in [-0.25, -0.2) is 0 Å². The molecule has 0 saturated heterocycles. The van der Waals surface area contributed by atoms with Gasteiger partial charge >= 0.3 is 5.97 Å². The Morgan fingerprint density at radius 1 is 1.22 bits per heavy atom. The molecule has 1 aromatic rings. The highest BCUT2D eigenvalue weighted by Crippen LogP contribution is 2.29. The van der Waals surface area contributed by atoms with Crippen molar-refractivity contribution in [3.05, 3.63) is 35.4 Å². The maximum atomic E-state index is 11.0. The van der Waals surface area contributed by atoms with Gasteiger partial charge < -0.3 is 10.2 Å². The minimum absolute atomic E-state index is 0.578. The molecule has 2 atom stereocenters. The van der Waals surface area contributed by atoms with E-state index < -0.39 is 17.5 Å². The van der Waals surface area contributed by atoms with Crippen LogP contribution in [0.25, 0.3) is 0 Å². The molecule has 2 unspecified atom stereocenters. The summed E-state index contributed by atoms with van der Waals surface area (Å²) in [4.78, 5) is 11.0. The van der Waals surface area contributed by atoms with E-state index in [0.717, 1.165) is 6.42 Å². The van der Waals surface area contributed by atoms with Gasteiger partial charge in [0.2, 0.25) is 0 Å². The highest BCUT2D eigenvalue weighted by molar-refractivity contribution is 5.71. The van der Waals surface area contributed by atoms with Crippen LogP contribution < -0.4 is 0 Å². The summed E-state index contributed by atoms with van der Waals surface area (Å²) in [6, 6.07) is 7.55. The highest BCUT2D eigenvalue weighted by atomic mass is 16.4. The van der Waals surface area contributed by atoms with Crippen LogP contribution in [0.3, 0.4) is 0 Å². The standard InChI is InChI=1S/C15H22O3/c1-10(2)9-12-5-7-13(8-6-12)15(4,18)11(3)14(16)17/h5-8,10-11,18H,9H2,1-4H3,(H,16,17). The summed E-state index contributed by atoms with van der Waals surface area (Å²) < 4.78 is 0. The predicted octanol–water partition coefficient (Wildman–Crippen LogP) is 2.81. The molecule has 2 N–H and O–H groups in total. The van der Waals surface area contributed by atoms with Crippen LogP contribution in [0.4, 0.5) is 0 Å². The fourth-order valence-corrected chi connectivity index (χ4v) is 1.94. The number of hydrogen-bond acceptors (Lipinski definition) is 2. The van der Waals surface area contributed by atoms with E-state index in [1.165, 1.54) is 12.5 Å². The van der Waals surface area contributed by atoms with Crippen molar-refractivity contribution in [1.82, 2.24) is 0 Å². The zero-order chi connectivity index (χ0) is 13.9. The number of hydrogen-bond donors (Lipinski definition) is 2. The molecule has 0 aliphatic rings. The van der Waals surface area contributed by atoms with Crippen molar-refractivity contribution in [3.8, 4) is 0 Å². The van der Waals surface area contributed by atoms with Crippen LogP contribution in [0, 0.1) is 11.8 Å². The third-order valence-corrected chi connectivity index (χ3v) is 3.40. The molecule has 3 heteroatoms. The molecule has 0 radical (unpaired) electrons. The van der Waals surface area contributed by atoms with Crippen LogP contribution in [-0.2, 0) is 16.8 Å². The van der Waals surface area contributed by atoms with Crippen molar-refractivity contribution in [2.24, 2.45) is 11.8 Å². The van der Waals surface area contributed by atoms with Crippen molar-refractivity contribution in [3.63, 3.8) is 0 Å². The molecule has 0 aliphatic carbocycles. The Morgan fingerprint density at radius 3 is 2.11 bits per heavy atom. The number of carbonyl (C=O) groups is 1. The lowest BCUT2D eigenvalue weighted by atomic mass is 9.83. The summed E-state index contributed by atoms with van der Waals surface area (Å²) in [7, 11) is 0. The molecular formula is C15H22O3. The van der Waals surface area contributed by atoms with Crippen molar-refractivity contribution in [1.29, 1.82) is 0 Å². The number of benzene rings is 1. The molecule has 0 spiro atoms. The van der Waals surface area contributed by atoms with Crippen LogP contribution in [0.2, 0.25) is 0 Å². The lowest BCUT2D eigenvalue weighted by molar-refractivity contribution is -0.150. The van der Waals surface area contributed by atoms with Crippen molar-refractivity contribution >= 4 is 5.97 Å². The predicted molar refractivity (Wildman–Crippen MR) is 71.4 cm³/mol. The molecule has 0 heterocycles. The fraction of sp³-hybridized carbons (Fsp3) is 0.533. The van der Waals surface area contributed by atoms with E-state index in [1.54, 1.807) is 6.92 Å². The lowest BCUT2D eigenvalue weighted by Crippen LogP contribution is -2.35. The fourth-order valence-electron chi connectivity index (χ4n) is 1.94. The Morgan fingerprint density at radius 2 is 1.72 bits per heavy atom. The minimum atomic E-state index is -1.35. The molecule has 3 nitrogen and oxygen atoms in total. The Labute approximate surface area is 108 Å². The van der Waals surface area contributed by atoms with E-state index >= 15 is 0 Å². The quantitative estimate of drug-likeness (QED) is 0.844. The first kappa shape index (κ1) is 14.7. The van der Waals surface area contributed by atoms with Crippen LogP contribution in [0.5, 0.6) is 0 Å². The summed E-state index contributed by atoms with van der Waals surface area (Å²) in [5.74, 6) is -1.26. The van der Waals surface area contributed by atoms with Gasteiger partial charge in [0.05, 0.1) is 11.5 Å². The first-order chi connectivity index (χ1) is 8.25. The first-order valence-corrected chi connectivity index (χ1v) is 6.29. The van der Waals surface area contributed by atoms with Gasteiger partial charge in [0.15, 0.2) is 0 Å². The Hall–Kier alpha value is -1.35. The van der Waals surface area contributed by atoms with Crippen molar-refractivity contribution in [2.75, 3.05) is 0 Å². The molecule has 0 aromatic heterocycles. The van der Waals surface area contributed by atoms with Gasteiger partial charge in [-0.1, -0.05) is 38.1 Å². The molecular weight excluding hydrogens is 228 g/mol. The second kappa shape index (κ2) is 5.53. The smallest absolute Gasteiger partial charge is 0.309 e. The number of aliphatic hydroxyl groups is 1. The molecule has 0 fully saturated rings. The number of carboxylic acid groups (broad SMARTS) is 1.